The molecule has 1 fully saturated rings. The maximum atomic E-state index is 10.7. The van der Waals surface area contributed by atoms with Gasteiger partial charge < -0.3 is 14.4 Å². The van der Waals surface area contributed by atoms with Crippen LogP contribution in [-0.2, 0) is 4.79 Å². The third-order valence-electron chi connectivity index (χ3n) is 3.84. The van der Waals surface area contributed by atoms with E-state index in [1.165, 1.54) is 0 Å². The molecule has 1 unspecified atom stereocenters. The Kier molecular flexibility index (Phi) is 3.58. The summed E-state index contributed by atoms with van der Waals surface area (Å²) in [4.78, 5) is 17.3. The summed E-state index contributed by atoms with van der Waals surface area (Å²) in [6.45, 7) is 1.76. The third kappa shape index (κ3) is 2.76. The van der Waals surface area contributed by atoms with Gasteiger partial charge >= 0.3 is 5.97 Å². The van der Waals surface area contributed by atoms with E-state index in [0.29, 0.717) is 11.9 Å². The largest absolute Gasteiger partial charge is 0.481 e. The monoisotopic (exact) mass is 274 g/mol. The first-order valence-corrected chi connectivity index (χ1v) is 7.04. The van der Waals surface area contributed by atoms with Gasteiger partial charge in [-0.15, -0.1) is 0 Å². The molecule has 0 radical (unpaired) electrons. The Morgan fingerprint density at radius 3 is 3.10 bits per heavy atom. The maximum absolute atomic E-state index is 10.7. The number of hydrogen-bond acceptors (Lipinski definition) is 4. The topological polar surface area (TPSA) is 66.6 Å². The van der Waals surface area contributed by atoms with Crippen LogP contribution in [0.25, 0.3) is 11.1 Å². The first kappa shape index (κ1) is 13.0. The summed E-state index contributed by atoms with van der Waals surface area (Å²) in [5.41, 5.74) is 1.67. The van der Waals surface area contributed by atoms with Gasteiger partial charge in [0.25, 0.3) is 6.01 Å². The van der Waals surface area contributed by atoms with Gasteiger partial charge in [0.05, 0.1) is 0 Å². The highest BCUT2D eigenvalue weighted by atomic mass is 16.4. The predicted octanol–water partition coefficient (Wildman–Crippen LogP) is 2.91. The van der Waals surface area contributed by atoms with Crippen molar-refractivity contribution in [1.82, 2.24) is 4.98 Å². The van der Waals surface area contributed by atoms with Gasteiger partial charge in [-0.2, -0.15) is 4.98 Å². The highest BCUT2D eigenvalue weighted by Gasteiger charge is 2.23. The number of rotatable bonds is 4. The van der Waals surface area contributed by atoms with Crippen LogP contribution in [0.1, 0.15) is 25.7 Å². The molecule has 0 saturated carbocycles. The van der Waals surface area contributed by atoms with Crippen molar-refractivity contribution >= 4 is 23.1 Å². The van der Waals surface area contributed by atoms with Crippen molar-refractivity contribution < 1.29 is 14.3 Å². The summed E-state index contributed by atoms with van der Waals surface area (Å²) in [5.74, 6) is -0.307. The third-order valence-corrected chi connectivity index (χ3v) is 3.84. The molecule has 2 aromatic rings. The number of benzene rings is 1. The van der Waals surface area contributed by atoms with Gasteiger partial charge in [-0.3, -0.25) is 4.79 Å². The molecule has 3 rings (SSSR count). The van der Waals surface area contributed by atoms with Gasteiger partial charge in [0.1, 0.15) is 5.52 Å². The molecule has 5 heteroatoms. The zero-order chi connectivity index (χ0) is 13.9. The van der Waals surface area contributed by atoms with Crippen LogP contribution in [0.15, 0.2) is 28.7 Å². The van der Waals surface area contributed by atoms with Gasteiger partial charge in [-0.05, 0) is 37.3 Å². The van der Waals surface area contributed by atoms with E-state index in [0.717, 1.165) is 43.5 Å². The second-order valence-electron chi connectivity index (χ2n) is 5.35. The quantitative estimate of drug-likeness (QED) is 0.928. The molecule has 0 amide bonds. The summed E-state index contributed by atoms with van der Waals surface area (Å²) in [5, 5.41) is 8.78. The number of carboxylic acid groups (broad SMARTS) is 1. The molecular weight excluding hydrogens is 256 g/mol. The zero-order valence-corrected chi connectivity index (χ0v) is 11.3. The second kappa shape index (κ2) is 5.53. The van der Waals surface area contributed by atoms with E-state index in [2.05, 4.69) is 9.88 Å². The molecule has 0 bridgehead atoms. The van der Waals surface area contributed by atoms with Crippen LogP contribution in [-0.4, -0.2) is 29.1 Å². The van der Waals surface area contributed by atoms with Crippen molar-refractivity contribution in [2.75, 3.05) is 18.0 Å². The number of piperidine rings is 1. The number of fused-ring (bicyclic) bond motifs is 1. The van der Waals surface area contributed by atoms with Crippen molar-refractivity contribution in [3.05, 3.63) is 24.3 Å². The fraction of sp³-hybridized carbons (Fsp3) is 0.467. The normalized spacial score (nSPS) is 19.4. The SMILES string of the molecule is O=C(O)CCC1CCCN(c2nc3ccccc3o2)C1. The number of carbonyl (C=O) groups is 1. The van der Waals surface area contributed by atoms with Gasteiger partial charge in [-0.25, -0.2) is 0 Å². The minimum atomic E-state index is -0.719. The van der Waals surface area contributed by atoms with Crippen LogP contribution < -0.4 is 4.90 Å². The molecule has 106 valence electrons. The molecule has 1 aromatic heterocycles. The lowest BCUT2D eigenvalue weighted by molar-refractivity contribution is -0.137. The lowest BCUT2D eigenvalue weighted by Crippen LogP contribution is -2.35. The molecule has 0 aliphatic carbocycles. The van der Waals surface area contributed by atoms with Crippen LogP contribution in [0.5, 0.6) is 0 Å². The van der Waals surface area contributed by atoms with E-state index in [1.807, 2.05) is 24.3 Å². The van der Waals surface area contributed by atoms with Gasteiger partial charge in [0, 0.05) is 19.5 Å². The van der Waals surface area contributed by atoms with E-state index in [4.69, 9.17) is 9.52 Å². The van der Waals surface area contributed by atoms with Crippen molar-refractivity contribution in [2.45, 2.75) is 25.7 Å². The summed E-state index contributed by atoms with van der Waals surface area (Å²) in [6, 6.07) is 8.39. The Labute approximate surface area is 117 Å². The van der Waals surface area contributed by atoms with E-state index in [9.17, 15) is 4.79 Å². The van der Waals surface area contributed by atoms with Crippen molar-refractivity contribution in [2.24, 2.45) is 5.92 Å². The minimum Gasteiger partial charge on any atom is -0.481 e. The van der Waals surface area contributed by atoms with Crippen molar-refractivity contribution in [3.8, 4) is 0 Å². The molecule has 1 aliphatic heterocycles. The summed E-state index contributed by atoms with van der Waals surface area (Å²) in [6.07, 6.45) is 3.12. The lowest BCUT2D eigenvalue weighted by atomic mass is 9.94. The summed E-state index contributed by atoms with van der Waals surface area (Å²) >= 11 is 0. The Morgan fingerprint density at radius 2 is 2.30 bits per heavy atom. The van der Waals surface area contributed by atoms with Crippen molar-refractivity contribution in [3.63, 3.8) is 0 Å². The highest BCUT2D eigenvalue weighted by Crippen LogP contribution is 2.27. The Balaban J connectivity index is 1.71. The smallest absolute Gasteiger partial charge is 0.303 e. The number of aromatic nitrogens is 1. The number of carboxylic acids is 1. The van der Waals surface area contributed by atoms with Gasteiger partial charge in [0.2, 0.25) is 0 Å². The highest BCUT2D eigenvalue weighted by molar-refractivity contribution is 5.74. The minimum absolute atomic E-state index is 0.242. The first-order valence-electron chi connectivity index (χ1n) is 7.04. The Morgan fingerprint density at radius 1 is 1.45 bits per heavy atom. The number of anilines is 1. The molecule has 1 N–H and O–H groups in total. The lowest BCUT2D eigenvalue weighted by Gasteiger charge is -2.31. The molecule has 1 aliphatic rings. The predicted molar refractivity (Wildman–Crippen MR) is 75.8 cm³/mol. The average Bonchev–Trinajstić information content (AvgIpc) is 2.89. The number of oxazole rings is 1. The molecule has 0 spiro atoms. The molecule has 1 aromatic carbocycles. The van der Waals surface area contributed by atoms with Crippen LogP contribution in [0, 0.1) is 5.92 Å². The molecule has 2 heterocycles. The van der Waals surface area contributed by atoms with Crippen molar-refractivity contribution in [1.29, 1.82) is 0 Å². The fourth-order valence-corrected chi connectivity index (χ4v) is 2.80. The Hall–Kier alpha value is -2.04. The average molecular weight is 274 g/mol. The Bertz CT molecular complexity index is 575. The van der Waals surface area contributed by atoms with Crippen LogP contribution in [0.4, 0.5) is 6.01 Å². The number of nitrogens with zero attached hydrogens (tertiary/aromatic N) is 2. The molecule has 20 heavy (non-hydrogen) atoms. The van der Waals surface area contributed by atoms with E-state index in [1.54, 1.807) is 0 Å². The first-order chi connectivity index (χ1) is 9.72. The molecule has 5 nitrogen and oxygen atoms in total. The molecular formula is C15H18N2O3. The van der Waals surface area contributed by atoms with Crippen LogP contribution >= 0.6 is 0 Å². The maximum Gasteiger partial charge on any atom is 0.303 e. The van der Waals surface area contributed by atoms with E-state index < -0.39 is 5.97 Å². The fourth-order valence-electron chi connectivity index (χ4n) is 2.80. The van der Waals surface area contributed by atoms with Crippen LogP contribution in [0.2, 0.25) is 0 Å². The zero-order valence-electron chi connectivity index (χ0n) is 11.3. The van der Waals surface area contributed by atoms with Gasteiger partial charge in [-0.1, -0.05) is 12.1 Å². The summed E-state index contributed by atoms with van der Waals surface area (Å²) in [7, 11) is 0. The van der Waals surface area contributed by atoms with E-state index in [-0.39, 0.29) is 6.42 Å². The number of para-hydroxylation sites is 2. The standard InChI is InChI=1S/C15H18N2O3/c18-14(19)8-7-11-4-3-9-17(10-11)15-16-12-5-1-2-6-13(12)20-15/h1-2,5-6,11H,3-4,7-10H2,(H,18,19). The van der Waals surface area contributed by atoms with Gasteiger partial charge in [0.15, 0.2) is 5.58 Å². The summed E-state index contributed by atoms with van der Waals surface area (Å²) < 4.78 is 5.78. The number of aliphatic carboxylic acids is 1. The number of hydrogen-bond donors (Lipinski definition) is 1. The van der Waals surface area contributed by atoms with Crippen LogP contribution in [0.3, 0.4) is 0 Å². The second-order valence-corrected chi connectivity index (χ2v) is 5.35. The molecule has 1 atom stereocenters. The van der Waals surface area contributed by atoms with E-state index >= 15 is 0 Å². The molecule has 1 saturated heterocycles.